The molecule has 0 aliphatic heterocycles. The molecule has 1 atom stereocenters. The van der Waals surface area contributed by atoms with Crippen molar-refractivity contribution in [3.8, 4) is 23.8 Å². The Morgan fingerprint density at radius 1 is 1.56 bits per heavy atom. The van der Waals surface area contributed by atoms with Crippen LogP contribution >= 0.6 is 0 Å². The average molecular weight is 219 g/mol. The molecular formula is C13H17NO2. The number of nitrogens with one attached hydrogen (secondary N) is 1. The van der Waals surface area contributed by atoms with Crippen molar-refractivity contribution in [3.63, 3.8) is 0 Å². The molecular weight excluding hydrogens is 202 g/mol. The second kappa shape index (κ2) is 6.04. The molecule has 0 aliphatic rings. The molecule has 16 heavy (non-hydrogen) atoms. The van der Waals surface area contributed by atoms with Gasteiger partial charge in [-0.3, -0.25) is 5.32 Å². The van der Waals surface area contributed by atoms with Crippen molar-refractivity contribution in [1.82, 2.24) is 5.32 Å². The summed E-state index contributed by atoms with van der Waals surface area (Å²) >= 11 is 0. The Hall–Kier alpha value is -1.66. The van der Waals surface area contributed by atoms with Crippen molar-refractivity contribution in [2.24, 2.45) is 0 Å². The second-order valence-electron chi connectivity index (χ2n) is 3.50. The summed E-state index contributed by atoms with van der Waals surface area (Å²) in [6.45, 7) is 4.99. The van der Waals surface area contributed by atoms with Gasteiger partial charge in [-0.15, -0.1) is 6.42 Å². The van der Waals surface area contributed by atoms with E-state index in [1.54, 1.807) is 6.07 Å². The lowest BCUT2D eigenvalue weighted by atomic mass is 10.2. The standard InChI is InChI=1S/C13H17NO2/c1-4-10(3)14-9-11-6-7-12(15)13(8-11)16-5-2/h1,6-8,10,14-15H,5,9H2,2-3H3. The summed E-state index contributed by atoms with van der Waals surface area (Å²) in [5.41, 5.74) is 1.03. The molecule has 3 heteroatoms. The summed E-state index contributed by atoms with van der Waals surface area (Å²) in [4.78, 5) is 0. The van der Waals surface area contributed by atoms with E-state index in [4.69, 9.17) is 11.2 Å². The summed E-state index contributed by atoms with van der Waals surface area (Å²) in [5, 5.41) is 12.7. The number of rotatable bonds is 5. The predicted octanol–water partition coefficient (Wildman–Crippen LogP) is 1.90. The molecule has 3 nitrogen and oxygen atoms in total. The summed E-state index contributed by atoms with van der Waals surface area (Å²) in [6, 6.07) is 5.32. The highest BCUT2D eigenvalue weighted by atomic mass is 16.5. The van der Waals surface area contributed by atoms with Crippen molar-refractivity contribution in [3.05, 3.63) is 23.8 Å². The van der Waals surface area contributed by atoms with Crippen LogP contribution in [0.5, 0.6) is 11.5 Å². The van der Waals surface area contributed by atoms with E-state index in [0.717, 1.165) is 5.56 Å². The zero-order valence-corrected chi connectivity index (χ0v) is 9.66. The maximum absolute atomic E-state index is 9.51. The highest BCUT2D eigenvalue weighted by Crippen LogP contribution is 2.26. The van der Waals surface area contributed by atoms with Crippen LogP contribution in [0.2, 0.25) is 0 Å². The molecule has 1 rings (SSSR count). The zero-order chi connectivity index (χ0) is 12.0. The van der Waals surface area contributed by atoms with E-state index in [-0.39, 0.29) is 11.8 Å². The molecule has 0 amide bonds. The normalized spacial score (nSPS) is 11.8. The van der Waals surface area contributed by atoms with Crippen molar-refractivity contribution in [2.75, 3.05) is 6.61 Å². The minimum atomic E-state index is 0.0318. The number of hydrogen-bond acceptors (Lipinski definition) is 3. The van der Waals surface area contributed by atoms with Crippen molar-refractivity contribution < 1.29 is 9.84 Å². The molecule has 0 bridgehead atoms. The van der Waals surface area contributed by atoms with Crippen LogP contribution in [0.3, 0.4) is 0 Å². The Morgan fingerprint density at radius 3 is 2.94 bits per heavy atom. The monoisotopic (exact) mass is 219 g/mol. The minimum absolute atomic E-state index is 0.0318. The number of benzene rings is 1. The summed E-state index contributed by atoms with van der Waals surface area (Å²) < 4.78 is 5.29. The van der Waals surface area contributed by atoms with Crippen molar-refractivity contribution in [2.45, 2.75) is 26.4 Å². The van der Waals surface area contributed by atoms with Crippen LogP contribution in [0.15, 0.2) is 18.2 Å². The van der Waals surface area contributed by atoms with Gasteiger partial charge in [0.2, 0.25) is 0 Å². The van der Waals surface area contributed by atoms with Gasteiger partial charge in [0.15, 0.2) is 11.5 Å². The molecule has 2 N–H and O–H groups in total. The minimum Gasteiger partial charge on any atom is -0.504 e. The van der Waals surface area contributed by atoms with E-state index in [2.05, 4.69) is 11.2 Å². The summed E-state index contributed by atoms with van der Waals surface area (Å²) in [7, 11) is 0. The van der Waals surface area contributed by atoms with E-state index in [1.165, 1.54) is 0 Å². The maximum Gasteiger partial charge on any atom is 0.161 e. The Bertz CT molecular complexity index is 382. The lowest BCUT2D eigenvalue weighted by molar-refractivity contribution is 0.317. The zero-order valence-electron chi connectivity index (χ0n) is 9.66. The number of phenolic OH excluding ortho intramolecular Hbond substituents is 1. The third-order valence-corrected chi connectivity index (χ3v) is 2.19. The first-order valence-electron chi connectivity index (χ1n) is 5.31. The predicted molar refractivity (Wildman–Crippen MR) is 64.4 cm³/mol. The van der Waals surface area contributed by atoms with Crippen LogP contribution in [-0.2, 0) is 6.54 Å². The molecule has 0 aliphatic carbocycles. The Morgan fingerprint density at radius 2 is 2.31 bits per heavy atom. The van der Waals surface area contributed by atoms with Crippen molar-refractivity contribution in [1.29, 1.82) is 0 Å². The molecule has 0 spiro atoms. The second-order valence-corrected chi connectivity index (χ2v) is 3.50. The first-order valence-corrected chi connectivity index (χ1v) is 5.31. The fourth-order valence-electron chi connectivity index (χ4n) is 1.27. The first kappa shape index (κ1) is 12.4. The number of ether oxygens (including phenoxy) is 1. The molecule has 1 unspecified atom stereocenters. The lowest BCUT2D eigenvalue weighted by Crippen LogP contribution is -2.23. The Labute approximate surface area is 96.4 Å². The van der Waals surface area contributed by atoms with Gasteiger partial charge >= 0.3 is 0 Å². The number of terminal acetylenes is 1. The molecule has 0 saturated carbocycles. The van der Waals surface area contributed by atoms with Crippen LogP contribution in [0.25, 0.3) is 0 Å². The molecule has 0 aromatic heterocycles. The van der Waals surface area contributed by atoms with Gasteiger partial charge in [-0.1, -0.05) is 12.0 Å². The molecule has 0 saturated heterocycles. The van der Waals surface area contributed by atoms with Crippen LogP contribution in [-0.4, -0.2) is 17.8 Å². The molecule has 1 aromatic rings. The third-order valence-electron chi connectivity index (χ3n) is 2.19. The van der Waals surface area contributed by atoms with E-state index in [9.17, 15) is 5.11 Å². The van der Waals surface area contributed by atoms with E-state index >= 15 is 0 Å². The smallest absolute Gasteiger partial charge is 0.161 e. The quantitative estimate of drug-likeness (QED) is 0.743. The van der Waals surface area contributed by atoms with Crippen molar-refractivity contribution >= 4 is 0 Å². The molecule has 1 aromatic carbocycles. The van der Waals surface area contributed by atoms with Gasteiger partial charge in [0.25, 0.3) is 0 Å². The van der Waals surface area contributed by atoms with Crippen LogP contribution in [0.1, 0.15) is 19.4 Å². The SMILES string of the molecule is C#CC(C)NCc1ccc(O)c(OCC)c1. The van der Waals surface area contributed by atoms with Gasteiger partial charge in [0.1, 0.15) is 0 Å². The maximum atomic E-state index is 9.51. The van der Waals surface area contributed by atoms with Gasteiger partial charge in [-0.2, -0.15) is 0 Å². The van der Waals surface area contributed by atoms with E-state index in [0.29, 0.717) is 18.9 Å². The Balaban J connectivity index is 2.68. The number of hydrogen-bond donors (Lipinski definition) is 2. The van der Waals surface area contributed by atoms with Gasteiger partial charge in [0.05, 0.1) is 12.6 Å². The topological polar surface area (TPSA) is 41.5 Å². The third kappa shape index (κ3) is 3.48. The highest BCUT2D eigenvalue weighted by molar-refractivity contribution is 5.41. The highest BCUT2D eigenvalue weighted by Gasteiger charge is 2.04. The number of phenols is 1. The summed E-state index contributed by atoms with van der Waals surface area (Å²) in [6.07, 6.45) is 5.26. The largest absolute Gasteiger partial charge is 0.504 e. The van der Waals surface area contributed by atoms with Gasteiger partial charge < -0.3 is 9.84 Å². The van der Waals surface area contributed by atoms with Gasteiger partial charge in [-0.05, 0) is 31.5 Å². The van der Waals surface area contributed by atoms with Gasteiger partial charge in [-0.25, -0.2) is 0 Å². The molecule has 86 valence electrons. The molecule has 0 radical (unpaired) electrons. The lowest BCUT2D eigenvalue weighted by Gasteiger charge is -2.10. The molecule has 0 heterocycles. The number of aromatic hydroxyl groups is 1. The van der Waals surface area contributed by atoms with E-state index < -0.39 is 0 Å². The van der Waals surface area contributed by atoms with Gasteiger partial charge in [0, 0.05) is 6.54 Å². The summed E-state index contributed by atoms with van der Waals surface area (Å²) in [5.74, 6) is 3.27. The van der Waals surface area contributed by atoms with Crippen LogP contribution < -0.4 is 10.1 Å². The fourth-order valence-corrected chi connectivity index (χ4v) is 1.27. The average Bonchev–Trinajstić information content (AvgIpc) is 2.30. The van der Waals surface area contributed by atoms with E-state index in [1.807, 2.05) is 26.0 Å². The fraction of sp³-hybridized carbons (Fsp3) is 0.385. The Kier molecular flexibility index (Phi) is 4.68. The van der Waals surface area contributed by atoms with Crippen LogP contribution in [0, 0.1) is 12.3 Å². The van der Waals surface area contributed by atoms with Crippen LogP contribution in [0.4, 0.5) is 0 Å². The first-order chi connectivity index (χ1) is 7.67. The molecule has 0 fully saturated rings.